The molecule has 0 heterocycles. The molecule has 1 amide bonds. The van der Waals surface area contributed by atoms with Crippen molar-refractivity contribution in [2.75, 3.05) is 0 Å². The molecular weight excluding hydrogens is 441 g/mol. The Morgan fingerprint density at radius 3 is 2.58 bits per heavy atom. The van der Waals surface area contributed by atoms with Gasteiger partial charge in [-0.2, -0.15) is 0 Å². The summed E-state index contributed by atoms with van der Waals surface area (Å²) in [5, 5.41) is 11.7. The Labute approximate surface area is 157 Å². The van der Waals surface area contributed by atoms with Crippen LogP contribution in [-0.2, 0) is 16.8 Å². The third kappa shape index (κ3) is 4.65. The highest BCUT2D eigenvalue weighted by atomic mass is 79.9. The van der Waals surface area contributed by atoms with Crippen LogP contribution >= 0.6 is 31.9 Å². The van der Waals surface area contributed by atoms with Gasteiger partial charge >= 0.3 is 0 Å². The van der Waals surface area contributed by atoms with E-state index in [0.717, 1.165) is 5.56 Å². The van der Waals surface area contributed by atoms with Crippen LogP contribution in [0.4, 0.5) is 4.39 Å². The highest BCUT2D eigenvalue weighted by molar-refractivity contribution is 9.10. The van der Waals surface area contributed by atoms with Gasteiger partial charge in [-0.1, -0.05) is 62.2 Å². The van der Waals surface area contributed by atoms with Crippen LogP contribution in [0.5, 0.6) is 0 Å². The first kappa shape index (κ1) is 19.1. The van der Waals surface area contributed by atoms with Crippen molar-refractivity contribution >= 4 is 37.8 Å². The number of carbonyl (C=O) groups is 1. The van der Waals surface area contributed by atoms with Crippen molar-refractivity contribution in [3.05, 3.63) is 69.9 Å². The molecule has 0 aliphatic rings. The van der Waals surface area contributed by atoms with Crippen LogP contribution in [-0.4, -0.2) is 16.0 Å². The van der Waals surface area contributed by atoms with Gasteiger partial charge in [-0.25, -0.2) is 4.39 Å². The van der Waals surface area contributed by atoms with E-state index in [-0.39, 0.29) is 17.9 Å². The smallest absolute Gasteiger partial charge is 0.221 e. The molecule has 2 aromatic carbocycles. The number of carbonyl (C=O) groups excluding carboxylic acids is 1. The van der Waals surface area contributed by atoms with Crippen LogP contribution in [0.25, 0.3) is 0 Å². The molecule has 0 spiro atoms. The van der Waals surface area contributed by atoms with Crippen molar-refractivity contribution in [1.82, 2.24) is 5.32 Å². The predicted molar refractivity (Wildman–Crippen MR) is 99.3 cm³/mol. The summed E-state index contributed by atoms with van der Waals surface area (Å²) >= 11 is 6.36. The maximum Gasteiger partial charge on any atom is 0.221 e. The lowest BCUT2D eigenvalue weighted by Crippen LogP contribution is -2.50. The molecule has 0 fully saturated rings. The van der Waals surface area contributed by atoms with Crippen LogP contribution in [0.1, 0.15) is 24.5 Å². The van der Waals surface area contributed by atoms with E-state index in [1.807, 2.05) is 30.3 Å². The van der Waals surface area contributed by atoms with Crippen molar-refractivity contribution in [3.63, 3.8) is 0 Å². The molecule has 0 radical (unpaired) electrons. The normalized spacial score (nSPS) is 14.7. The van der Waals surface area contributed by atoms with Gasteiger partial charge in [0.2, 0.25) is 5.91 Å². The Balaban J connectivity index is 2.15. The predicted octanol–water partition coefficient (Wildman–Crippen LogP) is 4.27. The molecule has 3 nitrogen and oxygen atoms in total. The van der Waals surface area contributed by atoms with Gasteiger partial charge in [0, 0.05) is 16.5 Å². The zero-order valence-electron chi connectivity index (χ0n) is 13.1. The van der Waals surface area contributed by atoms with E-state index in [0.29, 0.717) is 10.9 Å². The fraction of sp³-hybridized carbons (Fsp3) is 0.278. The Hall–Kier alpha value is -1.24. The number of benzene rings is 2. The summed E-state index contributed by atoms with van der Waals surface area (Å²) in [6.07, 6.45) is 0.817. The highest BCUT2D eigenvalue weighted by Crippen LogP contribution is 2.32. The molecule has 0 saturated carbocycles. The zero-order chi connectivity index (χ0) is 17.7. The summed E-state index contributed by atoms with van der Waals surface area (Å²) in [6.45, 7) is 1.58. The molecule has 24 heavy (non-hydrogen) atoms. The second-order valence-corrected chi connectivity index (χ2v) is 7.48. The van der Waals surface area contributed by atoms with E-state index in [1.54, 1.807) is 19.1 Å². The summed E-state index contributed by atoms with van der Waals surface area (Å²) in [7, 11) is 0. The zero-order valence-corrected chi connectivity index (χ0v) is 16.3. The van der Waals surface area contributed by atoms with Crippen molar-refractivity contribution < 1.29 is 14.3 Å². The average Bonchev–Trinajstić information content (AvgIpc) is 2.56. The van der Waals surface area contributed by atoms with Crippen LogP contribution in [0.2, 0.25) is 0 Å². The lowest BCUT2D eigenvalue weighted by Gasteiger charge is -2.33. The molecule has 2 atom stereocenters. The quantitative estimate of drug-likeness (QED) is 0.635. The third-order valence-electron chi connectivity index (χ3n) is 3.85. The number of nitrogens with one attached hydrogen (secondary N) is 1. The number of aliphatic hydroxyl groups excluding tert-OH is 1. The molecule has 0 aliphatic carbocycles. The number of aliphatic hydroxyl groups is 1. The van der Waals surface area contributed by atoms with E-state index >= 15 is 0 Å². The number of hydrogen-bond donors (Lipinski definition) is 2. The van der Waals surface area contributed by atoms with E-state index in [1.165, 1.54) is 6.07 Å². The van der Waals surface area contributed by atoms with E-state index in [4.69, 9.17) is 0 Å². The first-order valence-corrected chi connectivity index (χ1v) is 9.16. The molecule has 2 N–H and O–H groups in total. The van der Waals surface area contributed by atoms with Gasteiger partial charge in [0.05, 0.1) is 0 Å². The van der Waals surface area contributed by atoms with E-state index < -0.39 is 16.4 Å². The topological polar surface area (TPSA) is 49.3 Å². The lowest BCUT2D eigenvalue weighted by molar-refractivity contribution is -0.123. The summed E-state index contributed by atoms with van der Waals surface area (Å²) in [4.78, 5) is 12.3. The molecule has 0 bridgehead atoms. The van der Waals surface area contributed by atoms with Crippen molar-refractivity contribution in [3.8, 4) is 0 Å². The van der Waals surface area contributed by atoms with Gasteiger partial charge in [0.1, 0.15) is 16.4 Å². The molecule has 2 rings (SSSR count). The van der Waals surface area contributed by atoms with Gasteiger partial charge in [0.25, 0.3) is 0 Å². The third-order valence-corrected chi connectivity index (χ3v) is 5.26. The summed E-state index contributed by atoms with van der Waals surface area (Å²) in [6, 6.07) is 14.0. The van der Waals surface area contributed by atoms with Gasteiger partial charge in [0.15, 0.2) is 0 Å². The summed E-state index contributed by atoms with van der Waals surface area (Å²) in [5.74, 6) is -0.762. The SMILES string of the molecule is CC(NC(=O)CCc1ccccc1)(c1cc(Br)ccc1F)C(O)Br. The van der Waals surface area contributed by atoms with Crippen LogP contribution in [0.15, 0.2) is 53.0 Å². The highest BCUT2D eigenvalue weighted by Gasteiger charge is 2.37. The van der Waals surface area contributed by atoms with Gasteiger partial charge in [-0.3, -0.25) is 4.79 Å². The van der Waals surface area contributed by atoms with Crippen molar-refractivity contribution in [2.24, 2.45) is 0 Å². The Morgan fingerprint density at radius 2 is 1.96 bits per heavy atom. The monoisotopic (exact) mass is 457 g/mol. The molecule has 0 aliphatic heterocycles. The molecule has 6 heteroatoms. The average molecular weight is 459 g/mol. The number of hydrogen-bond acceptors (Lipinski definition) is 2. The fourth-order valence-corrected chi connectivity index (χ4v) is 3.13. The number of halogens is 3. The number of aryl methyl sites for hydroxylation is 1. The largest absolute Gasteiger partial charge is 0.379 e. The van der Waals surface area contributed by atoms with Gasteiger partial charge in [-0.15, -0.1) is 0 Å². The minimum Gasteiger partial charge on any atom is -0.379 e. The maximum atomic E-state index is 14.2. The maximum absolute atomic E-state index is 14.2. The van der Waals surface area contributed by atoms with Crippen LogP contribution in [0.3, 0.4) is 0 Å². The van der Waals surface area contributed by atoms with Crippen LogP contribution in [0, 0.1) is 5.82 Å². The molecule has 2 aromatic rings. The number of rotatable bonds is 6. The second-order valence-electron chi connectivity index (χ2n) is 5.70. The van der Waals surface area contributed by atoms with Crippen LogP contribution < -0.4 is 5.32 Å². The first-order chi connectivity index (χ1) is 11.3. The minimum atomic E-state index is -1.29. The number of alkyl halides is 1. The lowest BCUT2D eigenvalue weighted by atomic mass is 9.91. The Morgan fingerprint density at radius 1 is 1.29 bits per heavy atom. The summed E-state index contributed by atoms with van der Waals surface area (Å²) < 4.78 is 14.9. The molecular formula is C18H18Br2FNO2. The molecule has 128 valence electrons. The van der Waals surface area contributed by atoms with Crippen molar-refractivity contribution in [2.45, 2.75) is 30.3 Å². The first-order valence-electron chi connectivity index (χ1n) is 7.45. The minimum absolute atomic E-state index is 0.203. The molecule has 2 unspecified atom stereocenters. The van der Waals surface area contributed by atoms with Crippen molar-refractivity contribution in [1.29, 1.82) is 0 Å². The Bertz CT molecular complexity index is 709. The van der Waals surface area contributed by atoms with Gasteiger partial charge < -0.3 is 10.4 Å². The molecule has 0 aromatic heterocycles. The second kappa shape index (κ2) is 8.23. The summed E-state index contributed by atoms with van der Waals surface area (Å²) in [5.41, 5.74) is -0.0431. The standard InChI is InChI=1S/C18H18Br2FNO2/c1-18(17(20)24,14-11-13(19)8-9-15(14)21)22-16(23)10-7-12-5-3-2-4-6-12/h2-6,8-9,11,17,24H,7,10H2,1H3,(H,22,23). The fourth-order valence-electron chi connectivity index (χ4n) is 2.41. The van der Waals surface area contributed by atoms with E-state index in [9.17, 15) is 14.3 Å². The Kier molecular flexibility index (Phi) is 6.54. The van der Waals surface area contributed by atoms with E-state index in [2.05, 4.69) is 37.2 Å². The molecule has 0 saturated heterocycles. The van der Waals surface area contributed by atoms with Gasteiger partial charge in [-0.05, 0) is 37.1 Å². The number of amides is 1.